The molecule has 0 amide bonds. The van der Waals surface area contributed by atoms with Crippen molar-refractivity contribution in [3.8, 4) is 11.1 Å². The molecule has 0 aliphatic heterocycles. The van der Waals surface area contributed by atoms with E-state index >= 15 is 0 Å². The molecule has 0 saturated carbocycles. The second kappa shape index (κ2) is 13.5. The normalized spacial score (nSPS) is 11.8. The summed E-state index contributed by atoms with van der Waals surface area (Å²) in [5, 5.41) is 0. The van der Waals surface area contributed by atoms with Gasteiger partial charge in [-0.15, -0.1) is 0 Å². The van der Waals surface area contributed by atoms with Crippen LogP contribution in [0.4, 0.5) is 0 Å². The molecular weight excluding hydrogens is 436 g/mol. The zero-order valence-electron chi connectivity index (χ0n) is 20.4. The Hall–Kier alpha value is -2.22. The second-order valence-electron chi connectivity index (χ2n) is 8.50. The van der Waals surface area contributed by atoms with E-state index in [-0.39, 0.29) is 5.97 Å². The summed E-state index contributed by atoms with van der Waals surface area (Å²) < 4.78 is 32.6. The van der Waals surface area contributed by atoms with Crippen molar-refractivity contribution in [3.05, 3.63) is 54.1 Å². The minimum Gasteiger partial charge on any atom is -0.464 e. The highest BCUT2D eigenvalue weighted by atomic mass is 32.2. The summed E-state index contributed by atoms with van der Waals surface area (Å²) in [5.74, 6) is -0.153. The van der Waals surface area contributed by atoms with Gasteiger partial charge in [0.1, 0.15) is 6.61 Å². The molecule has 0 atom stereocenters. The third kappa shape index (κ3) is 8.57. The van der Waals surface area contributed by atoms with Gasteiger partial charge in [0, 0.05) is 26.1 Å². The lowest BCUT2D eigenvalue weighted by atomic mass is 10.0. The Morgan fingerprint density at radius 1 is 0.848 bits per heavy atom. The number of ether oxygens (including phenoxy) is 1. The first-order chi connectivity index (χ1) is 15.8. The Morgan fingerprint density at radius 2 is 1.39 bits per heavy atom. The van der Waals surface area contributed by atoms with E-state index in [1.54, 1.807) is 16.4 Å². The zero-order valence-corrected chi connectivity index (χ0v) is 21.2. The van der Waals surface area contributed by atoms with E-state index in [2.05, 4.69) is 12.1 Å². The predicted molar refractivity (Wildman–Crippen MR) is 134 cm³/mol. The van der Waals surface area contributed by atoms with Crippen molar-refractivity contribution in [1.82, 2.24) is 9.21 Å². The van der Waals surface area contributed by atoms with Crippen molar-refractivity contribution in [2.45, 2.75) is 50.8 Å². The van der Waals surface area contributed by atoms with Gasteiger partial charge in [-0.1, -0.05) is 50.2 Å². The van der Waals surface area contributed by atoms with Gasteiger partial charge in [-0.25, -0.2) is 8.42 Å². The fourth-order valence-electron chi connectivity index (χ4n) is 3.53. The molecule has 33 heavy (non-hydrogen) atoms. The van der Waals surface area contributed by atoms with E-state index in [4.69, 9.17) is 4.74 Å². The van der Waals surface area contributed by atoms with Crippen LogP contribution >= 0.6 is 0 Å². The van der Waals surface area contributed by atoms with Crippen molar-refractivity contribution >= 4 is 16.0 Å². The largest absolute Gasteiger partial charge is 0.464 e. The number of hydrogen-bond donors (Lipinski definition) is 0. The standard InChI is InChI=1S/C26H38N2O4S/c1-5-18-28(19-6-2)33(30,31)25-16-14-24(15-17-25)23-12-10-22(11-13-23)8-7-9-26(29)32-21-20-27(3)4/h10-17H,5-9,18-21H2,1-4H3. The monoisotopic (exact) mass is 474 g/mol. The van der Waals surface area contributed by atoms with Crippen LogP contribution in [0.5, 0.6) is 0 Å². The smallest absolute Gasteiger partial charge is 0.305 e. The van der Waals surface area contributed by atoms with Gasteiger partial charge in [0.15, 0.2) is 0 Å². The summed E-state index contributed by atoms with van der Waals surface area (Å²) in [6.07, 6.45) is 3.56. The summed E-state index contributed by atoms with van der Waals surface area (Å²) in [7, 11) is 0.428. The van der Waals surface area contributed by atoms with Gasteiger partial charge >= 0.3 is 5.97 Å². The third-order valence-electron chi connectivity index (χ3n) is 5.37. The molecular formula is C26H38N2O4S. The summed E-state index contributed by atoms with van der Waals surface area (Å²) in [6.45, 7) is 6.21. The van der Waals surface area contributed by atoms with E-state index < -0.39 is 10.0 Å². The number of benzene rings is 2. The van der Waals surface area contributed by atoms with Crippen LogP contribution in [0, 0.1) is 0 Å². The molecule has 7 heteroatoms. The van der Waals surface area contributed by atoms with Gasteiger partial charge in [0.2, 0.25) is 10.0 Å². The molecule has 0 aromatic heterocycles. The highest BCUT2D eigenvalue weighted by Crippen LogP contribution is 2.24. The van der Waals surface area contributed by atoms with Crippen LogP contribution in [0.2, 0.25) is 0 Å². The first-order valence-electron chi connectivity index (χ1n) is 11.8. The van der Waals surface area contributed by atoms with E-state index in [9.17, 15) is 13.2 Å². The van der Waals surface area contributed by atoms with Gasteiger partial charge in [0.05, 0.1) is 4.90 Å². The molecule has 6 nitrogen and oxygen atoms in total. The number of esters is 1. The fraction of sp³-hybridized carbons (Fsp3) is 0.500. The van der Waals surface area contributed by atoms with Gasteiger partial charge in [-0.2, -0.15) is 4.31 Å². The number of hydrogen-bond acceptors (Lipinski definition) is 5. The molecule has 0 spiro atoms. The van der Waals surface area contributed by atoms with Crippen LogP contribution in [-0.4, -0.2) is 63.9 Å². The quantitative estimate of drug-likeness (QED) is 0.375. The summed E-state index contributed by atoms with van der Waals surface area (Å²) in [5.41, 5.74) is 3.17. The number of carbonyl (C=O) groups excluding carboxylic acids is 1. The SMILES string of the molecule is CCCN(CCC)S(=O)(=O)c1ccc(-c2ccc(CCCC(=O)OCCN(C)C)cc2)cc1. The third-order valence-corrected chi connectivity index (χ3v) is 7.29. The Bertz CT molecular complexity index is 949. The molecule has 0 aliphatic rings. The topological polar surface area (TPSA) is 66.9 Å². The van der Waals surface area contributed by atoms with Crippen LogP contribution in [0.1, 0.15) is 45.1 Å². The molecule has 0 saturated heterocycles. The van der Waals surface area contributed by atoms with Crippen LogP contribution in [0.15, 0.2) is 53.4 Å². The molecule has 0 N–H and O–H groups in total. The molecule has 2 aromatic carbocycles. The molecule has 0 aliphatic carbocycles. The first kappa shape index (κ1) is 27.0. The first-order valence-corrected chi connectivity index (χ1v) is 13.2. The highest BCUT2D eigenvalue weighted by Gasteiger charge is 2.22. The van der Waals surface area contributed by atoms with Gasteiger partial charge in [-0.3, -0.25) is 4.79 Å². The Morgan fingerprint density at radius 3 is 1.91 bits per heavy atom. The zero-order chi connectivity index (χ0) is 24.3. The lowest BCUT2D eigenvalue weighted by Crippen LogP contribution is -2.32. The summed E-state index contributed by atoms with van der Waals surface area (Å²) in [6, 6.07) is 15.3. The van der Waals surface area contributed by atoms with Crippen molar-refractivity contribution in [1.29, 1.82) is 0 Å². The highest BCUT2D eigenvalue weighted by molar-refractivity contribution is 7.89. The van der Waals surface area contributed by atoms with Crippen LogP contribution in [0.3, 0.4) is 0 Å². The molecule has 182 valence electrons. The van der Waals surface area contributed by atoms with Gasteiger partial charge < -0.3 is 9.64 Å². The average molecular weight is 475 g/mol. The van der Waals surface area contributed by atoms with E-state index in [0.717, 1.165) is 48.9 Å². The number of aryl methyl sites for hydroxylation is 1. The van der Waals surface area contributed by atoms with E-state index in [1.807, 2.05) is 57.1 Å². The molecule has 0 radical (unpaired) electrons. The number of rotatable bonds is 14. The summed E-state index contributed by atoms with van der Waals surface area (Å²) in [4.78, 5) is 14.1. The summed E-state index contributed by atoms with van der Waals surface area (Å²) >= 11 is 0. The molecule has 0 bridgehead atoms. The minimum atomic E-state index is -3.47. The molecule has 0 heterocycles. The number of carbonyl (C=O) groups is 1. The van der Waals surface area contributed by atoms with Crippen molar-refractivity contribution < 1.29 is 17.9 Å². The van der Waals surface area contributed by atoms with Gasteiger partial charge in [0.25, 0.3) is 0 Å². The maximum absolute atomic E-state index is 12.9. The molecule has 0 unspecified atom stereocenters. The minimum absolute atomic E-state index is 0.153. The molecule has 2 rings (SSSR count). The second-order valence-corrected chi connectivity index (χ2v) is 10.4. The molecule has 0 fully saturated rings. The Kier molecular flexibility index (Phi) is 11.0. The Labute approximate surface area is 199 Å². The fourth-order valence-corrected chi connectivity index (χ4v) is 5.16. The number of likely N-dealkylation sites (N-methyl/N-ethyl adjacent to an activating group) is 1. The lowest BCUT2D eigenvalue weighted by Gasteiger charge is -2.21. The maximum atomic E-state index is 12.9. The van der Waals surface area contributed by atoms with Crippen molar-refractivity contribution in [2.75, 3.05) is 40.3 Å². The van der Waals surface area contributed by atoms with Crippen molar-refractivity contribution in [2.24, 2.45) is 0 Å². The Balaban J connectivity index is 1.93. The maximum Gasteiger partial charge on any atom is 0.305 e. The van der Waals surface area contributed by atoms with Crippen LogP contribution in [-0.2, 0) is 26.0 Å². The van der Waals surface area contributed by atoms with E-state index in [0.29, 0.717) is 31.0 Å². The number of sulfonamides is 1. The van der Waals surface area contributed by atoms with Crippen molar-refractivity contribution in [3.63, 3.8) is 0 Å². The molecule has 2 aromatic rings. The van der Waals surface area contributed by atoms with Crippen LogP contribution in [0.25, 0.3) is 11.1 Å². The van der Waals surface area contributed by atoms with E-state index in [1.165, 1.54) is 0 Å². The average Bonchev–Trinajstić information content (AvgIpc) is 2.79. The van der Waals surface area contributed by atoms with Crippen LogP contribution < -0.4 is 0 Å². The lowest BCUT2D eigenvalue weighted by molar-refractivity contribution is -0.144. The number of nitrogens with zero attached hydrogens (tertiary/aromatic N) is 2. The van der Waals surface area contributed by atoms with Gasteiger partial charge in [-0.05, 0) is 68.6 Å². The predicted octanol–water partition coefficient (Wildman–Crippen LogP) is 4.59.